The van der Waals surface area contributed by atoms with Crippen LogP contribution in [0.4, 0.5) is 0 Å². The van der Waals surface area contributed by atoms with E-state index in [9.17, 15) is 0 Å². The van der Waals surface area contributed by atoms with E-state index in [1.54, 1.807) is 7.11 Å². The first kappa shape index (κ1) is 17.0. The van der Waals surface area contributed by atoms with E-state index in [1.165, 1.54) is 5.56 Å². The van der Waals surface area contributed by atoms with Crippen LogP contribution >= 0.6 is 0 Å². The minimum Gasteiger partial charge on any atom is -0.496 e. The fraction of sp³-hybridized carbons (Fsp3) is 0.647. The number of methoxy groups -OCH3 is 1. The highest BCUT2D eigenvalue weighted by molar-refractivity contribution is 5.40. The average Bonchev–Trinajstić information content (AvgIpc) is 2.33. The largest absolute Gasteiger partial charge is 0.496 e. The monoisotopic (exact) mass is 279 g/mol. The SMILES string of the molecule is COc1ccc(C(C)(C)CC(C)(C)C)cc1CCON. The maximum Gasteiger partial charge on any atom is 0.122 e. The van der Waals surface area contributed by atoms with Gasteiger partial charge in [-0.15, -0.1) is 0 Å². The Labute approximate surface area is 123 Å². The van der Waals surface area contributed by atoms with Crippen molar-refractivity contribution in [3.05, 3.63) is 29.3 Å². The average molecular weight is 279 g/mol. The van der Waals surface area contributed by atoms with Crippen LogP contribution in [0.2, 0.25) is 0 Å². The Morgan fingerprint density at radius 1 is 1.10 bits per heavy atom. The summed E-state index contributed by atoms with van der Waals surface area (Å²) in [6, 6.07) is 6.44. The van der Waals surface area contributed by atoms with Crippen molar-refractivity contribution < 1.29 is 9.57 Å². The minimum absolute atomic E-state index is 0.128. The fourth-order valence-electron chi connectivity index (χ4n) is 2.99. The van der Waals surface area contributed by atoms with Crippen LogP contribution in [0.25, 0.3) is 0 Å². The molecule has 0 atom stereocenters. The summed E-state index contributed by atoms with van der Waals surface area (Å²) in [6.07, 6.45) is 1.89. The third kappa shape index (κ3) is 4.80. The van der Waals surface area contributed by atoms with Crippen LogP contribution in [0.1, 0.15) is 52.2 Å². The molecule has 0 unspecified atom stereocenters. The number of ether oxygens (including phenoxy) is 1. The second kappa shape index (κ2) is 6.59. The predicted octanol–water partition coefficient (Wildman–Crippen LogP) is 3.84. The van der Waals surface area contributed by atoms with Gasteiger partial charge in [-0.05, 0) is 34.4 Å². The quantitative estimate of drug-likeness (QED) is 0.805. The molecule has 2 N–H and O–H groups in total. The van der Waals surface area contributed by atoms with Crippen LogP contribution in [0.5, 0.6) is 5.75 Å². The van der Waals surface area contributed by atoms with Crippen molar-refractivity contribution in [3.8, 4) is 5.75 Å². The van der Waals surface area contributed by atoms with Crippen molar-refractivity contribution in [2.45, 2.75) is 52.9 Å². The molecule has 0 aliphatic rings. The van der Waals surface area contributed by atoms with Crippen molar-refractivity contribution in [2.75, 3.05) is 13.7 Å². The standard InChI is InChI=1S/C17H29NO2/c1-16(2,3)12-17(4,5)14-7-8-15(19-6)13(11-14)9-10-20-18/h7-8,11H,9-10,12,18H2,1-6H3. The number of hydrogen-bond donors (Lipinski definition) is 1. The van der Waals surface area contributed by atoms with Crippen LogP contribution in [0.15, 0.2) is 18.2 Å². The van der Waals surface area contributed by atoms with Gasteiger partial charge in [0.05, 0.1) is 13.7 Å². The zero-order valence-corrected chi connectivity index (χ0v) is 13.7. The Balaban J connectivity index is 3.06. The van der Waals surface area contributed by atoms with Crippen LogP contribution in [-0.2, 0) is 16.7 Å². The molecule has 0 saturated carbocycles. The van der Waals surface area contributed by atoms with Crippen molar-refractivity contribution in [1.82, 2.24) is 0 Å². The van der Waals surface area contributed by atoms with Gasteiger partial charge in [0.15, 0.2) is 0 Å². The number of nitrogens with two attached hydrogens (primary N) is 1. The molecule has 1 rings (SSSR count). The molecule has 0 aliphatic carbocycles. The predicted molar refractivity (Wildman–Crippen MR) is 83.9 cm³/mol. The third-order valence-electron chi connectivity index (χ3n) is 3.52. The Kier molecular flexibility index (Phi) is 5.60. The van der Waals surface area contributed by atoms with Gasteiger partial charge >= 0.3 is 0 Å². The Bertz CT molecular complexity index is 433. The molecule has 3 nitrogen and oxygen atoms in total. The highest BCUT2D eigenvalue weighted by atomic mass is 16.6. The molecule has 0 saturated heterocycles. The Hall–Kier alpha value is -1.06. The van der Waals surface area contributed by atoms with Crippen LogP contribution in [-0.4, -0.2) is 13.7 Å². The van der Waals surface area contributed by atoms with Crippen molar-refractivity contribution in [3.63, 3.8) is 0 Å². The first-order valence-electron chi connectivity index (χ1n) is 7.19. The highest BCUT2D eigenvalue weighted by Crippen LogP contribution is 2.37. The van der Waals surface area contributed by atoms with E-state index in [2.05, 4.69) is 46.8 Å². The lowest BCUT2D eigenvalue weighted by molar-refractivity contribution is 0.140. The number of rotatable bonds is 6. The van der Waals surface area contributed by atoms with E-state index < -0.39 is 0 Å². The molecule has 0 bridgehead atoms. The van der Waals surface area contributed by atoms with Gasteiger partial charge in [-0.1, -0.05) is 46.8 Å². The topological polar surface area (TPSA) is 44.5 Å². The molecule has 20 heavy (non-hydrogen) atoms. The van der Waals surface area contributed by atoms with Gasteiger partial charge in [0.1, 0.15) is 5.75 Å². The molecule has 1 aromatic carbocycles. The number of hydrogen-bond acceptors (Lipinski definition) is 3. The summed E-state index contributed by atoms with van der Waals surface area (Å²) >= 11 is 0. The van der Waals surface area contributed by atoms with Gasteiger partial charge in [-0.25, -0.2) is 5.90 Å². The van der Waals surface area contributed by atoms with E-state index in [1.807, 2.05) is 6.07 Å². The van der Waals surface area contributed by atoms with Crippen molar-refractivity contribution >= 4 is 0 Å². The molecular weight excluding hydrogens is 250 g/mol. The van der Waals surface area contributed by atoms with E-state index in [0.29, 0.717) is 12.0 Å². The summed E-state index contributed by atoms with van der Waals surface area (Å²) in [4.78, 5) is 4.70. The smallest absolute Gasteiger partial charge is 0.122 e. The molecule has 0 aliphatic heterocycles. The normalized spacial score (nSPS) is 12.6. The van der Waals surface area contributed by atoms with E-state index in [4.69, 9.17) is 15.5 Å². The van der Waals surface area contributed by atoms with Gasteiger partial charge in [0.25, 0.3) is 0 Å². The summed E-state index contributed by atoms with van der Waals surface area (Å²) < 4.78 is 5.41. The van der Waals surface area contributed by atoms with E-state index >= 15 is 0 Å². The third-order valence-corrected chi connectivity index (χ3v) is 3.52. The minimum atomic E-state index is 0.128. The fourth-order valence-corrected chi connectivity index (χ4v) is 2.99. The first-order valence-corrected chi connectivity index (χ1v) is 7.19. The van der Waals surface area contributed by atoms with Gasteiger partial charge in [0, 0.05) is 6.42 Å². The zero-order chi connectivity index (χ0) is 15.4. The van der Waals surface area contributed by atoms with Gasteiger partial charge < -0.3 is 9.57 Å². The second-order valence-electron chi connectivity index (χ2n) is 7.27. The maximum absolute atomic E-state index is 5.41. The molecule has 1 aromatic rings. The lowest BCUT2D eigenvalue weighted by Gasteiger charge is -2.33. The van der Waals surface area contributed by atoms with Crippen LogP contribution in [0, 0.1) is 5.41 Å². The van der Waals surface area contributed by atoms with Gasteiger partial charge in [-0.2, -0.15) is 0 Å². The molecule has 0 heterocycles. The molecule has 3 heteroatoms. The molecule has 0 spiro atoms. The number of benzene rings is 1. The molecule has 114 valence electrons. The Morgan fingerprint density at radius 2 is 1.75 bits per heavy atom. The highest BCUT2D eigenvalue weighted by Gasteiger charge is 2.27. The summed E-state index contributed by atoms with van der Waals surface area (Å²) in [5.41, 5.74) is 2.91. The molecule has 0 aromatic heterocycles. The van der Waals surface area contributed by atoms with Crippen molar-refractivity contribution in [2.24, 2.45) is 11.3 Å². The van der Waals surface area contributed by atoms with E-state index in [-0.39, 0.29) is 5.41 Å². The zero-order valence-electron chi connectivity index (χ0n) is 13.7. The summed E-state index contributed by atoms with van der Waals surface area (Å²) in [5, 5.41) is 0. The van der Waals surface area contributed by atoms with Crippen LogP contribution in [0.3, 0.4) is 0 Å². The maximum atomic E-state index is 5.41. The van der Waals surface area contributed by atoms with Gasteiger partial charge in [-0.3, -0.25) is 0 Å². The van der Waals surface area contributed by atoms with E-state index in [0.717, 1.165) is 24.2 Å². The summed E-state index contributed by atoms with van der Waals surface area (Å²) in [7, 11) is 1.70. The lowest BCUT2D eigenvalue weighted by Crippen LogP contribution is -2.25. The molecule has 0 amide bonds. The summed E-state index contributed by atoms with van der Waals surface area (Å²) in [6.45, 7) is 11.9. The van der Waals surface area contributed by atoms with Gasteiger partial charge in [0.2, 0.25) is 0 Å². The van der Waals surface area contributed by atoms with Crippen LogP contribution < -0.4 is 10.6 Å². The first-order chi connectivity index (χ1) is 9.19. The van der Waals surface area contributed by atoms with Crippen molar-refractivity contribution in [1.29, 1.82) is 0 Å². The molecule has 0 fully saturated rings. The molecular formula is C17H29NO2. The second-order valence-corrected chi connectivity index (χ2v) is 7.27. The Morgan fingerprint density at radius 3 is 2.25 bits per heavy atom. The summed E-state index contributed by atoms with van der Waals surface area (Å²) in [5.74, 6) is 6.03. The lowest BCUT2D eigenvalue weighted by atomic mass is 9.72. The molecule has 0 radical (unpaired) electrons.